The van der Waals surface area contributed by atoms with E-state index in [0.29, 0.717) is 17.2 Å². The fraction of sp³-hybridized carbons (Fsp3) is 0.111. The third kappa shape index (κ3) is 1.39. The molecule has 0 bridgehead atoms. The molecular weight excluding hydrogens is 246 g/mol. The summed E-state index contributed by atoms with van der Waals surface area (Å²) in [7, 11) is 1.57. The van der Waals surface area contributed by atoms with Gasteiger partial charge in [-0.3, -0.25) is 0 Å². The molecule has 0 unspecified atom stereocenters. The summed E-state index contributed by atoms with van der Waals surface area (Å²) < 4.78 is 5.76. The lowest BCUT2D eigenvalue weighted by Crippen LogP contribution is -1.94. The van der Waals surface area contributed by atoms with Crippen LogP contribution in [0.3, 0.4) is 0 Å². The summed E-state index contributed by atoms with van der Waals surface area (Å²) in [4.78, 5) is 8.29. The van der Waals surface area contributed by atoms with E-state index in [-0.39, 0.29) is 0 Å². The Morgan fingerprint density at radius 1 is 1.43 bits per heavy atom. The van der Waals surface area contributed by atoms with Crippen molar-refractivity contribution < 1.29 is 4.74 Å². The maximum atomic E-state index is 5.84. The van der Waals surface area contributed by atoms with Gasteiger partial charge in [0.2, 0.25) is 5.88 Å². The number of nitrogens with zero attached hydrogens (tertiary/aromatic N) is 2. The zero-order valence-electron chi connectivity index (χ0n) is 7.49. The van der Waals surface area contributed by atoms with Crippen LogP contribution in [-0.4, -0.2) is 17.1 Å². The topological polar surface area (TPSA) is 61.0 Å². The Balaban J connectivity index is 2.74. The summed E-state index contributed by atoms with van der Waals surface area (Å²) >= 11 is 3.31. The predicted molar refractivity (Wildman–Crippen MR) is 58.2 cm³/mol. The fourth-order valence-electron chi connectivity index (χ4n) is 1.17. The molecule has 0 aliphatic rings. The Morgan fingerprint density at radius 3 is 2.93 bits per heavy atom. The number of ether oxygens (including phenoxy) is 1. The van der Waals surface area contributed by atoms with Gasteiger partial charge in [-0.2, -0.15) is 4.98 Å². The normalized spacial score (nSPS) is 10.4. The highest BCUT2D eigenvalue weighted by molar-refractivity contribution is 9.10. The first-order valence-corrected chi connectivity index (χ1v) is 4.76. The number of halogens is 1. The number of hydrogen-bond donors (Lipinski definition) is 1. The molecule has 0 amide bonds. The zero-order valence-corrected chi connectivity index (χ0v) is 9.08. The number of fused-ring (bicyclic) bond motifs is 1. The van der Waals surface area contributed by atoms with E-state index in [4.69, 9.17) is 10.5 Å². The molecule has 2 aromatic heterocycles. The monoisotopic (exact) mass is 253 g/mol. The van der Waals surface area contributed by atoms with Crippen LogP contribution >= 0.6 is 15.9 Å². The van der Waals surface area contributed by atoms with Gasteiger partial charge in [-0.1, -0.05) is 0 Å². The lowest BCUT2D eigenvalue weighted by atomic mass is 10.2. The number of aromatic nitrogens is 2. The number of nitrogens with two attached hydrogens (primary N) is 1. The van der Waals surface area contributed by atoms with Crippen molar-refractivity contribution in [3.8, 4) is 5.88 Å². The summed E-state index contributed by atoms with van der Waals surface area (Å²) in [6, 6.07) is 3.60. The molecule has 2 aromatic rings. The van der Waals surface area contributed by atoms with Gasteiger partial charge in [0.25, 0.3) is 0 Å². The maximum Gasteiger partial charge on any atom is 0.215 e. The molecule has 2 N–H and O–H groups in total. The summed E-state index contributed by atoms with van der Waals surface area (Å²) in [5.74, 6) is 0.534. The predicted octanol–water partition coefficient (Wildman–Crippen LogP) is 1.98. The van der Waals surface area contributed by atoms with Crippen LogP contribution in [0.15, 0.2) is 22.8 Å². The van der Waals surface area contributed by atoms with Gasteiger partial charge in [-0.25, -0.2) is 4.98 Å². The van der Waals surface area contributed by atoms with Gasteiger partial charge in [0.15, 0.2) is 5.65 Å². The number of hydrogen-bond acceptors (Lipinski definition) is 4. The minimum absolute atomic E-state index is 0.534. The molecule has 0 radical (unpaired) electrons. The molecule has 0 spiro atoms. The van der Waals surface area contributed by atoms with E-state index in [9.17, 15) is 0 Å². The van der Waals surface area contributed by atoms with Crippen molar-refractivity contribution >= 4 is 32.7 Å². The fourth-order valence-corrected chi connectivity index (χ4v) is 1.49. The van der Waals surface area contributed by atoms with E-state index in [0.717, 1.165) is 9.86 Å². The van der Waals surface area contributed by atoms with Crippen LogP contribution in [-0.2, 0) is 0 Å². The van der Waals surface area contributed by atoms with E-state index in [1.807, 2.05) is 6.07 Å². The van der Waals surface area contributed by atoms with Crippen LogP contribution < -0.4 is 10.5 Å². The van der Waals surface area contributed by atoms with E-state index < -0.39 is 0 Å². The van der Waals surface area contributed by atoms with Crippen molar-refractivity contribution in [2.75, 3.05) is 12.8 Å². The number of nitrogen functional groups attached to an aromatic ring is 1. The molecule has 2 heterocycles. The van der Waals surface area contributed by atoms with Crippen molar-refractivity contribution in [1.82, 2.24) is 9.97 Å². The average molecular weight is 254 g/mol. The molecule has 0 aliphatic carbocycles. The van der Waals surface area contributed by atoms with Gasteiger partial charge in [0.1, 0.15) is 0 Å². The Hall–Kier alpha value is -1.36. The zero-order chi connectivity index (χ0) is 10.1. The minimum atomic E-state index is 0.534. The lowest BCUT2D eigenvalue weighted by molar-refractivity contribution is 0.399. The van der Waals surface area contributed by atoms with Crippen molar-refractivity contribution in [2.24, 2.45) is 0 Å². The minimum Gasteiger partial charge on any atom is -0.481 e. The number of anilines is 1. The largest absolute Gasteiger partial charge is 0.481 e. The van der Waals surface area contributed by atoms with Crippen molar-refractivity contribution in [1.29, 1.82) is 0 Å². The second kappa shape index (κ2) is 3.42. The Bertz CT molecular complexity index is 487. The van der Waals surface area contributed by atoms with Crippen molar-refractivity contribution in [2.45, 2.75) is 0 Å². The average Bonchev–Trinajstić information content (AvgIpc) is 2.23. The smallest absolute Gasteiger partial charge is 0.215 e. The van der Waals surface area contributed by atoms with Crippen LogP contribution in [0.4, 0.5) is 5.69 Å². The number of pyridine rings is 2. The van der Waals surface area contributed by atoms with Gasteiger partial charge in [0, 0.05) is 17.6 Å². The van der Waals surface area contributed by atoms with Gasteiger partial charge in [-0.05, 0) is 22.0 Å². The molecule has 0 aromatic carbocycles. The Labute approximate surface area is 89.2 Å². The standard InChI is InChI=1S/C9H8BrN3O/c1-14-7-3-2-5-8(11)6(10)4-12-9(5)13-7/h2-4H,1H3,(H2,11,12,13). The van der Waals surface area contributed by atoms with Crippen LogP contribution in [0, 0.1) is 0 Å². The van der Waals surface area contributed by atoms with Gasteiger partial charge in [-0.15, -0.1) is 0 Å². The van der Waals surface area contributed by atoms with Gasteiger partial charge < -0.3 is 10.5 Å². The molecule has 0 fully saturated rings. The quantitative estimate of drug-likeness (QED) is 0.845. The van der Waals surface area contributed by atoms with Crippen LogP contribution in [0.25, 0.3) is 11.0 Å². The molecule has 72 valence electrons. The lowest BCUT2D eigenvalue weighted by Gasteiger charge is -2.04. The molecule has 5 heteroatoms. The first-order chi connectivity index (χ1) is 6.72. The van der Waals surface area contributed by atoms with E-state index in [2.05, 4.69) is 25.9 Å². The van der Waals surface area contributed by atoms with Gasteiger partial charge in [0.05, 0.1) is 17.3 Å². The number of rotatable bonds is 1. The van der Waals surface area contributed by atoms with Crippen LogP contribution in [0.2, 0.25) is 0 Å². The van der Waals surface area contributed by atoms with Crippen molar-refractivity contribution in [3.63, 3.8) is 0 Å². The Morgan fingerprint density at radius 2 is 2.21 bits per heavy atom. The third-order valence-corrected chi connectivity index (χ3v) is 2.54. The van der Waals surface area contributed by atoms with Crippen molar-refractivity contribution in [3.05, 3.63) is 22.8 Å². The second-order valence-corrected chi connectivity index (χ2v) is 3.60. The highest BCUT2D eigenvalue weighted by Gasteiger charge is 2.05. The van der Waals surface area contributed by atoms with Gasteiger partial charge >= 0.3 is 0 Å². The summed E-state index contributed by atoms with van der Waals surface area (Å²) in [5.41, 5.74) is 7.07. The van der Waals surface area contributed by atoms with Crippen LogP contribution in [0.1, 0.15) is 0 Å². The third-order valence-electron chi connectivity index (χ3n) is 1.91. The molecule has 0 aliphatic heterocycles. The van der Waals surface area contributed by atoms with E-state index in [1.54, 1.807) is 19.4 Å². The first-order valence-electron chi connectivity index (χ1n) is 3.97. The molecule has 0 saturated heterocycles. The highest BCUT2D eigenvalue weighted by Crippen LogP contribution is 2.26. The molecule has 4 nitrogen and oxygen atoms in total. The van der Waals surface area contributed by atoms with E-state index in [1.165, 1.54) is 0 Å². The maximum absolute atomic E-state index is 5.84. The number of methoxy groups -OCH3 is 1. The molecule has 0 atom stereocenters. The first kappa shape index (κ1) is 9.21. The molecular formula is C9H8BrN3O. The molecule has 2 rings (SSSR count). The second-order valence-electron chi connectivity index (χ2n) is 2.74. The summed E-state index contributed by atoms with van der Waals surface area (Å²) in [6.45, 7) is 0. The SMILES string of the molecule is COc1ccc2c(N)c(Br)cnc2n1. The summed E-state index contributed by atoms with van der Waals surface area (Å²) in [6.07, 6.45) is 1.63. The Kier molecular flexibility index (Phi) is 2.25. The highest BCUT2D eigenvalue weighted by atomic mass is 79.9. The summed E-state index contributed by atoms with van der Waals surface area (Å²) in [5, 5.41) is 0.820. The molecule has 14 heavy (non-hydrogen) atoms. The van der Waals surface area contributed by atoms with Crippen LogP contribution in [0.5, 0.6) is 5.88 Å². The van der Waals surface area contributed by atoms with E-state index >= 15 is 0 Å². The molecule has 0 saturated carbocycles.